The fraction of sp³-hybridized carbons (Fsp3) is 0.800. The Hall–Kier alpha value is -0.160. The molecule has 0 aliphatic rings. The van der Waals surface area contributed by atoms with Gasteiger partial charge in [0.25, 0.3) is 5.97 Å². The summed E-state index contributed by atoms with van der Waals surface area (Å²) in [6.45, 7) is 3.69. The zero-order valence-corrected chi connectivity index (χ0v) is 5.08. The summed E-state index contributed by atoms with van der Waals surface area (Å²) in [6, 6.07) is 0. The molecule has 0 saturated heterocycles. The molecular weight excluding hydrogens is 124 g/mol. The fourth-order valence-corrected chi connectivity index (χ4v) is 0.311. The number of ether oxygens (including phenoxy) is 1. The highest BCUT2D eigenvalue weighted by Gasteiger charge is 2.16. The van der Waals surface area contributed by atoms with E-state index >= 15 is 0 Å². The van der Waals surface area contributed by atoms with Crippen LogP contribution in [0, 0.1) is 6.92 Å². The third kappa shape index (κ3) is 7.84. The molecule has 0 rings (SSSR count). The Morgan fingerprint density at radius 2 is 1.89 bits per heavy atom. The number of rotatable bonds is 4. The molecule has 9 heavy (non-hydrogen) atoms. The summed E-state index contributed by atoms with van der Waals surface area (Å²) in [6.07, 6.45) is -0.220. The average Bonchev–Trinajstić information content (AvgIpc) is 1.63. The Bertz CT molecular complexity index is 65.8. The Balaban J connectivity index is 3.07. The molecule has 0 saturated carbocycles. The van der Waals surface area contributed by atoms with E-state index in [-0.39, 0.29) is 19.6 Å². The van der Waals surface area contributed by atoms with Gasteiger partial charge in [0.15, 0.2) is 0 Å². The predicted octanol–water partition coefficient (Wildman–Crippen LogP) is -1.14. The summed E-state index contributed by atoms with van der Waals surface area (Å²) in [4.78, 5) is 0. The number of aliphatic hydroxyl groups is 3. The lowest BCUT2D eigenvalue weighted by molar-refractivity contribution is -0.317. The Labute approximate surface area is 53.7 Å². The normalized spacial score (nSPS) is 12.0. The largest absolute Gasteiger partial charge is 0.381 e. The molecule has 0 heterocycles. The molecular formula is C5H11O4. The fourth-order valence-electron chi connectivity index (χ4n) is 0.311. The first-order valence-electron chi connectivity index (χ1n) is 2.60. The van der Waals surface area contributed by atoms with Crippen LogP contribution in [0.4, 0.5) is 0 Å². The zero-order valence-electron chi connectivity index (χ0n) is 5.08. The summed E-state index contributed by atoms with van der Waals surface area (Å²) >= 11 is 0. The molecule has 1 radical (unpaired) electrons. The van der Waals surface area contributed by atoms with Gasteiger partial charge in [-0.25, -0.2) is 0 Å². The first kappa shape index (κ1) is 8.84. The minimum Gasteiger partial charge on any atom is -0.381 e. The Morgan fingerprint density at radius 3 is 2.22 bits per heavy atom. The van der Waals surface area contributed by atoms with Crippen molar-refractivity contribution in [1.29, 1.82) is 0 Å². The second-order valence-electron chi connectivity index (χ2n) is 1.64. The maximum Gasteiger partial charge on any atom is 0.277 e. The number of hydrogen-bond donors (Lipinski definition) is 3. The van der Waals surface area contributed by atoms with Crippen molar-refractivity contribution in [2.24, 2.45) is 0 Å². The topological polar surface area (TPSA) is 69.9 Å². The van der Waals surface area contributed by atoms with E-state index < -0.39 is 5.97 Å². The van der Waals surface area contributed by atoms with E-state index in [0.29, 0.717) is 0 Å². The van der Waals surface area contributed by atoms with Crippen molar-refractivity contribution in [3.63, 3.8) is 0 Å². The van der Waals surface area contributed by atoms with E-state index in [0.717, 1.165) is 0 Å². The van der Waals surface area contributed by atoms with Crippen LogP contribution in [0.1, 0.15) is 6.42 Å². The minimum atomic E-state index is -2.60. The highest BCUT2D eigenvalue weighted by Crippen LogP contribution is 1.98. The van der Waals surface area contributed by atoms with Gasteiger partial charge >= 0.3 is 0 Å². The lowest BCUT2D eigenvalue weighted by Gasteiger charge is -2.12. The maximum absolute atomic E-state index is 8.25. The van der Waals surface area contributed by atoms with E-state index in [1.807, 2.05) is 0 Å². The SMILES string of the molecule is [CH2]COCCC(O)(O)O. The maximum atomic E-state index is 8.25. The minimum absolute atomic E-state index is 0.0903. The second-order valence-corrected chi connectivity index (χ2v) is 1.64. The van der Waals surface area contributed by atoms with Gasteiger partial charge in [0.1, 0.15) is 0 Å². The molecule has 55 valence electrons. The molecule has 4 heteroatoms. The molecule has 4 nitrogen and oxygen atoms in total. The first-order valence-corrected chi connectivity index (χ1v) is 2.60. The van der Waals surface area contributed by atoms with Gasteiger partial charge in [-0.3, -0.25) is 0 Å². The van der Waals surface area contributed by atoms with Crippen molar-refractivity contribution in [2.75, 3.05) is 13.2 Å². The zero-order chi connectivity index (χ0) is 7.33. The van der Waals surface area contributed by atoms with Crippen LogP contribution in [0.2, 0.25) is 0 Å². The molecule has 0 aliphatic heterocycles. The summed E-state index contributed by atoms with van der Waals surface area (Å²) in [5.41, 5.74) is 0. The van der Waals surface area contributed by atoms with Crippen LogP contribution >= 0.6 is 0 Å². The van der Waals surface area contributed by atoms with E-state index in [9.17, 15) is 0 Å². The molecule has 0 aliphatic carbocycles. The molecule has 0 amide bonds. The van der Waals surface area contributed by atoms with E-state index in [1.54, 1.807) is 0 Å². The van der Waals surface area contributed by atoms with Crippen LogP contribution in [0.3, 0.4) is 0 Å². The van der Waals surface area contributed by atoms with E-state index in [2.05, 4.69) is 11.7 Å². The van der Waals surface area contributed by atoms with Crippen LogP contribution in [-0.4, -0.2) is 34.5 Å². The van der Waals surface area contributed by atoms with Crippen LogP contribution in [-0.2, 0) is 4.74 Å². The highest BCUT2D eigenvalue weighted by molar-refractivity contribution is 4.45. The van der Waals surface area contributed by atoms with Crippen LogP contribution < -0.4 is 0 Å². The number of hydrogen-bond acceptors (Lipinski definition) is 4. The summed E-state index contributed by atoms with van der Waals surface area (Å²) in [5, 5.41) is 24.8. The lowest BCUT2D eigenvalue weighted by Crippen LogP contribution is -2.28. The molecule has 0 bridgehead atoms. The van der Waals surface area contributed by atoms with Crippen molar-refractivity contribution < 1.29 is 20.1 Å². The van der Waals surface area contributed by atoms with Gasteiger partial charge in [0.05, 0.1) is 13.0 Å². The third-order valence-electron chi connectivity index (χ3n) is 0.726. The summed E-state index contributed by atoms with van der Waals surface area (Å²) in [5.74, 6) is -2.60. The van der Waals surface area contributed by atoms with E-state index in [1.165, 1.54) is 0 Å². The van der Waals surface area contributed by atoms with Gasteiger partial charge in [-0.05, 0) is 6.92 Å². The van der Waals surface area contributed by atoms with Crippen LogP contribution in [0.25, 0.3) is 0 Å². The van der Waals surface area contributed by atoms with E-state index in [4.69, 9.17) is 15.3 Å². The van der Waals surface area contributed by atoms with Crippen LogP contribution in [0.15, 0.2) is 0 Å². The summed E-state index contributed by atoms with van der Waals surface area (Å²) < 4.78 is 4.62. The monoisotopic (exact) mass is 135 g/mol. The second kappa shape index (κ2) is 3.79. The molecule has 0 aromatic rings. The molecule has 0 spiro atoms. The molecule has 0 unspecified atom stereocenters. The van der Waals surface area contributed by atoms with Gasteiger partial charge in [-0.15, -0.1) is 0 Å². The smallest absolute Gasteiger partial charge is 0.277 e. The third-order valence-corrected chi connectivity index (χ3v) is 0.726. The Morgan fingerprint density at radius 1 is 1.33 bits per heavy atom. The molecule has 3 N–H and O–H groups in total. The van der Waals surface area contributed by atoms with Crippen molar-refractivity contribution in [2.45, 2.75) is 12.4 Å². The Kier molecular flexibility index (Phi) is 3.72. The van der Waals surface area contributed by atoms with Crippen LogP contribution in [0.5, 0.6) is 0 Å². The van der Waals surface area contributed by atoms with Gasteiger partial charge in [0, 0.05) is 6.61 Å². The van der Waals surface area contributed by atoms with Gasteiger partial charge in [0.2, 0.25) is 0 Å². The lowest BCUT2D eigenvalue weighted by atomic mass is 10.4. The highest BCUT2D eigenvalue weighted by atomic mass is 16.7. The van der Waals surface area contributed by atoms with Crippen molar-refractivity contribution in [3.05, 3.63) is 6.92 Å². The molecule has 0 atom stereocenters. The van der Waals surface area contributed by atoms with Gasteiger partial charge < -0.3 is 20.1 Å². The summed E-state index contributed by atoms with van der Waals surface area (Å²) in [7, 11) is 0. The average molecular weight is 135 g/mol. The quantitative estimate of drug-likeness (QED) is 0.336. The van der Waals surface area contributed by atoms with Gasteiger partial charge in [-0.2, -0.15) is 0 Å². The molecule has 0 aromatic heterocycles. The first-order chi connectivity index (χ1) is 4.06. The van der Waals surface area contributed by atoms with Crippen molar-refractivity contribution >= 4 is 0 Å². The van der Waals surface area contributed by atoms with Gasteiger partial charge in [-0.1, -0.05) is 0 Å². The molecule has 0 fully saturated rings. The van der Waals surface area contributed by atoms with Crippen molar-refractivity contribution in [3.8, 4) is 0 Å². The van der Waals surface area contributed by atoms with Crippen molar-refractivity contribution in [1.82, 2.24) is 0 Å². The standard InChI is InChI=1S/C5H11O4/c1-2-9-4-3-5(6,7)8/h6-8H,1-4H2. The molecule has 0 aromatic carbocycles. The predicted molar refractivity (Wildman–Crippen MR) is 30.2 cm³/mol.